The zero-order chi connectivity index (χ0) is 18.1. The molecule has 0 radical (unpaired) electrons. The lowest BCUT2D eigenvalue weighted by Gasteiger charge is -2.44. The molecule has 1 aliphatic rings. The molecule has 1 amide bonds. The third-order valence-electron chi connectivity index (χ3n) is 4.95. The maximum atomic E-state index is 12.2. The highest BCUT2D eigenvalue weighted by Crippen LogP contribution is 2.39. The van der Waals surface area contributed by atoms with E-state index < -0.39 is 26.4 Å². The number of hydrogen-bond acceptors (Lipinski definition) is 4. The minimum Gasteiger partial charge on any atom is -0.437 e. The molecule has 0 aliphatic carbocycles. The van der Waals surface area contributed by atoms with Crippen molar-refractivity contribution in [3.8, 4) is 0 Å². The van der Waals surface area contributed by atoms with Gasteiger partial charge in [-0.15, -0.1) is 0 Å². The molecule has 6 heteroatoms. The minimum atomic E-state index is -2.00. The maximum absolute atomic E-state index is 12.2. The van der Waals surface area contributed by atoms with Crippen molar-refractivity contribution in [2.45, 2.75) is 58.2 Å². The van der Waals surface area contributed by atoms with E-state index in [1.807, 2.05) is 13.0 Å². The molecular formula is C18H27NO4Si. The van der Waals surface area contributed by atoms with Crippen LogP contribution in [0, 0.1) is 5.92 Å². The van der Waals surface area contributed by atoms with E-state index in [4.69, 9.17) is 9.16 Å². The first-order valence-electron chi connectivity index (χ1n) is 8.27. The van der Waals surface area contributed by atoms with Gasteiger partial charge in [0.1, 0.15) is 5.92 Å². The van der Waals surface area contributed by atoms with Crippen LogP contribution >= 0.6 is 0 Å². The quantitative estimate of drug-likeness (QED) is 0.503. The fourth-order valence-electron chi connectivity index (χ4n) is 2.40. The first-order chi connectivity index (χ1) is 11.0. The number of rotatable bonds is 5. The molecule has 0 aromatic heterocycles. The molecule has 1 fully saturated rings. The third kappa shape index (κ3) is 3.87. The van der Waals surface area contributed by atoms with Crippen molar-refractivity contribution in [1.29, 1.82) is 0 Å². The monoisotopic (exact) mass is 349 g/mol. The van der Waals surface area contributed by atoms with Gasteiger partial charge in [0.25, 0.3) is 0 Å². The Morgan fingerprint density at radius 2 is 1.79 bits per heavy atom. The van der Waals surface area contributed by atoms with Crippen LogP contribution in [0.4, 0.5) is 0 Å². The number of benzene rings is 1. The van der Waals surface area contributed by atoms with Gasteiger partial charge < -0.3 is 14.5 Å². The number of carbonyl (C=O) groups is 2. The van der Waals surface area contributed by atoms with Gasteiger partial charge in [-0.25, -0.2) is 4.79 Å². The Morgan fingerprint density at radius 3 is 2.29 bits per heavy atom. The van der Waals surface area contributed by atoms with Crippen molar-refractivity contribution >= 4 is 20.2 Å². The number of hydrogen-bond donors (Lipinski definition) is 1. The summed E-state index contributed by atoms with van der Waals surface area (Å²) in [5, 5.41) is 2.71. The highest BCUT2D eigenvalue weighted by atomic mass is 28.4. The lowest BCUT2D eigenvalue weighted by molar-refractivity contribution is -0.154. The summed E-state index contributed by atoms with van der Waals surface area (Å²) < 4.78 is 11.7. The van der Waals surface area contributed by atoms with Crippen LogP contribution < -0.4 is 5.32 Å². The van der Waals surface area contributed by atoms with Crippen LogP contribution in [0.1, 0.15) is 38.1 Å². The normalized spacial score (nSPS) is 22.3. The first-order valence-corrected chi connectivity index (χ1v) is 11.2. The molecule has 1 aliphatic heterocycles. The van der Waals surface area contributed by atoms with Gasteiger partial charge in [-0.05, 0) is 37.2 Å². The largest absolute Gasteiger partial charge is 0.437 e. The van der Waals surface area contributed by atoms with Gasteiger partial charge in [0, 0.05) is 0 Å². The highest BCUT2D eigenvalue weighted by molar-refractivity contribution is 6.74. The van der Waals surface area contributed by atoms with E-state index >= 15 is 0 Å². The number of amides is 1. The molecule has 1 aromatic carbocycles. The molecule has 1 heterocycles. The van der Waals surface area contributed by atoms with Crippen LogP contribution in [0.15, 0.2) is 30.3 Å². The Bertz CT molecular complexity index is 609. The second-order valence-corrected chi connectivity index (χ2v) is 12.6. The summed E-state index contributed by atoms with van der Waals surface area (Å²) in [5.41, 5.74) is 0.468. The lowest BCUT2D eigenvalue weighted by atomic mass is 9.93. The van der Waals surface area contributed by atoms with Gasteiger partial charge in [-0.2, -0.15) is 0 Å². The fraction of sp³-hybridized carbons (Fsp3) is 0.556. The van der Waals surface area contributed by atoms with E-state index in [0.717, 1.165) is 0 Å². The van der Waals surface area contributed by atoms with Crippen LogP contribution in [0.3, 0.4) is 0 Å². The summed E-state index contributed by atoms with van der Waals surface area (Å²) in [6.45, 7) is 12.6. The first kappa shape index (κ1) is 18.7. The van der Waals surface area contributed by atoms with Crippen molar-refractivity contribution in [2.24, 2.45) is 5.92 Å². The smallest absolute Gasteiger partial charge is 0.340 e. The van der Waals surface area contributed by atoms with Crippen molar-refractivity contribution in [1.82, 2.24) is 5.32 Å². The molecule has 132 valence electrons. The highest BCUT2D eigenvalue weighted by Gasteiger charge is 2.49. The summed E-state index contributed by atoms with van der Waals surface area (Å²) in [5.74, 6) is -1.04. The lowest BCUT2D eigenvalue weighted by Crippen LogP contribution is -2.65. The summed E-state index contributed by atoms with van der Waals surface area (Å²) in [7, 11) is -2.00. The number of esters is 1. The zero-order valence-electron chi connectivity index (χ0n) is 15.3. The molecule has 0 bridgehead atoms. The van der Waals surface area contributed by atoms with Gasteiger partial charge >= 0.3 is 5.97 Å². The molecule has 24 heavy (non-hydrogen) atoms. The Hall–Kier alpha value is -1.66. The average molecular weight is 350 g/mol. The molecule has 1 saturated heterocycles. The standard InChI is InChI=1S/C18H27NO4Si/c1-12(23-24(5,6)18(2,3)4)14-15(20)19-16(14)22-17(21)13-10-8-7-9-11-13/h7-12,14,16H,1-6H3,(H,19,20)/t12-,14-,16+/m0/s1. The van der Waals surface area contributed by atoms with Crippen molar-refractivity contribution < 1.29 is 18.8 Å². The number of nitrogens with one attached hydrogen (secondary N) is 1. The van der Waals surface area contributed by atoms with E-state index in [1.165, 1.54) is 0 Å². The van der Waals surface area contributed by atoms with Crippen molar-refractivity contribution in [3.05, 3.63) is 35.9 Å². The van der Waals surface area contributed by atoms with Crippen LogP contribution in [0.25, 0.3) is 0 Å². The van der Waals surface area contributed by atoms with Crippen LogP contribution in [0.2, 0.25) is 18.1 Å². The topological polar surface area (TPSA) is 64.6 Å². The molecular weight excluding hydrogens is 322 g/mol. The summed E-state index contributed by atoms with van der Waals surface area (Å²) in [6.07, 6.45) is -0.932. The van der Waals surface area contributed by atoms with E-state index in [9.17, 15) is 9.59 Å². The molecule has 1 N–H and O–H groups in total. The van der Waals surface area contributed by atoms with Gasteiger partial charge in [-0.1, -0.05) is 39.0 Å². The van der Waals surface area contributed by atoms with Crippen LogP contribution in [-0.2, 0) is 14.0 Å². The van der Waals surface area contributed by atoms with Gasteiger partial charge in [0.05, 0.1) is 11.7 Å². The van der Waals surface area contributed by atoms with Crippen molar-refractivity contribution in [3.63, 3.8) is 0 Å². The summed E-state index contributed by atoms with van der Waals surface area (Å²) in [6, 6.07) is 8.76. The Labute approximate surface area is 144 Å². The fourth-order valence-corrected chi connectivity index (χ4v) is 3.83. The summed E-state index contributed by atoms with van der Waals surface area (Å²) >= 11 is 0. The summed E-state index contributed by atoms with van der Waals surface area (Å²) in [4.78, 5) is 24.1. The van der Waals surface area contributed by atoms with E-state index in [2.05, 4.69) is 39.2 Å². The molecule has 5 nitrogen and oxygen atoms in total. The van der Waals surface area contributed by atoms with Gasteiger partial charge in [0.2, 0.25) is 5.91 Å². The number of carbonyl (C=O) groups excluding carboxylic acids is 2. The second kappa shape index (κ2) is 6.68. The Morgan fingerprint density at radius 1 is 1.21 bits per heavy atom. The van der Waals surface area contributed by atoms with Crippen LogP contribution in [0.5, 0.6) is 0 Å². The molecule has 0 unspecified atom stereocenters. The molecule has 1 aromatic rings. The number of β-lactam (4-membered cyclic amide) rings is 1. The molecule has 3 atom stereocenters. The predicted molar refractivity (Wildman–Crippen MR) is 95.0 cm³/mol. The van der Waals surface area contributed by atoms with Gasteiger partial charge in [0.15, 0.2) is 14.5 Å². The van der Waals surface area contributed by atoms with E-state index in [0.29, 0.717) is 5.56 Å². The minimum absolute atomic E-state index is 0.0533. The van der Waals surface area contributed by atoms with E-state index in [-0.39, 0.29) is 17.0 Å². The third-order valence-corrected chi connectivity index (χ3v) is 9.52. The maximum Gasteiger partial charge on any atom is 0.340 e. The van der Waals surface area contributed by atoms with Crippen molar-refractivity contribution in [2.75, 3.05) is 0 Å². The molecule has 0 spiro atoms. The Balaban J connectivity index is 2.02. The van der Waals surface area contributed by atoms with Gasteiger partial charge in [-0.3, -0.25) is 4.79 Å². The zero-order valence-corrected chi connectivity index (χ0v) is 16.3. The van der Waals surface area contributed by atoms with Crippen LogP contribution in [-0.4, -0.2) is 32.5 Å². The number of ether oxygens (including phenoxy) is 1. The predicted octanol–water partition coefficient (Wildman–Crippen LogP) is 3.33. The average Bonchev–Trinajstić information content (AvgIpc) is 2.45. The Kier molecular flexibility index (Phi) is 5.20. The molecule has 2 rings (SSSR count). The van der Waals surface area contributed by atoms with E-state index in [1.54, 1.807) is 24.3 Å². The molecule has 0 saturated carbocycles. The SMILES string of the molecule is C[C@H](O[Si](C)(C)C(C)(C)C)[C@H]1C(=O)N[C@@H]1OC(=O)c1ccccc1. The second-order valence-electron chi connectivity index (χ2n) is 7.81.